The van der Waals surface area contributed by atoms with Gasteiger partial charge >= 0.3 is 0 Å². The molecule has 98 valence electrons. The molecule has 1 aromatic carbocycles. The van der Waals surface area contributed by atoms with Crippen molar-refractivity contribution in [1.29, 1.82) is 5.26 Å². The molecule has 0 aliphatic carbocycles. The SMILES string of the molecule is COc1cccc(CCNCCC(C)(C)C#N)c1. The molecule has 0 saturated carbocycles. The molecule has 0 heterocycles. The van der Waals surface area contributed by atoms with Crippen LogP contribution < -0.4 is 10.1 Å². The van der Waals surface area contributed by atoms with E-state index >= 15 is 0 Å². The van der Waals surface area contributed by atoms with Gasteiger partial charge in [-0.05, 0) is 57.5 Å². The number of ether oxygens (including phenoxy) is 1. The summed E-state index contributed by atoms with van der Waals surface area (Å²) in [7, 11) is 1.68. The Morgan fingerprint density at radius 2 is 2.11 bits per heavy atom. The summed E-state index contributed by atoms with van der Waals surface area (Å²) < 4.78 is 5.19. The van der Waals surface area contributed by atoms with E-state index in [1.165, 1.54) is 5.56 Å². The summed E-state index contributed by atoms with van der Waals surface area (Å²) >= 11 is 0. The second-order valence-corrected chi connectivity index (χ2v) is 5.10. The minimum Gasteiger partial charge on any atom is -0.497 e. The third-order valence-corrected chi connectivity index (χ3v) is 2.95. The van der Waals surface area contributed by atoms with Crippen molar-refractivity contribution in [2.24, 2.45) is 5.41 Å². The van der Waals surface area contributed by atoms with Crippen LogP contribution in [0.2, 0.25) is 0 Å². The van der Waals surface area contributed by atoms with E-state index in [0.717, 1.165) is 31.7 Å². The summed E-state index contributed by atoms with van der Waals surface area (Å²) in [6.07, 6.45) is 1.85. The number of rotatable bonds is 7. The normalized spacial score (nSPS) is 11.0. The number of hydrogen-bond donors (Lipinski definition) is 1. The van der Waals surface area contributed by atoms with Gasteiger partial charge in [-0.3, -0.25) is 0 Å². The fraction of sp³-hybridized carbons (Fsp3) is 0.533. The first-order valence-corrected chi connectivity index (χ1v) is 6.32. The van der Waals surface area contributed by atoms with Crippen molar-refractivity contribution in [2.45, 2.75) is 26.7 Å². The van der Waals surface area contributed by atoms with Gasteiger partial charge in [-0.2, -0.15) is 5.26 Å². The van der Waals surface area contributed by atoms with Gasteiger partial charge in [0.15, 0.2) is 0 Å². The first-order valence-electron chi connectivity index (χ1n) is 6.32. The van der Waals surface area contributed by atoms with Crippen LogP contribution in [0.15, 0.2) is 24.3 Å². The standard InChI is InChI=1S/C15H22N2O/c1-15(2,12-16)8-10-17-9-7-13-5-4-6-14(11-13)18-3/h4-6,11,17H,7-10H2,1-3H3. The number of hydrogen-bond acceptors (Lipinski definition) is 3. The molecule has 0 aliphatic rings. The van der Waals surface area contributed by atoms with Crippen LogP contribution in [-0.4, -0.2) is 20.2 Å². The molecule has 1 rings (SSSR count). The highest BCUT2D eigenvalue weighted by Gasteiger charge is 2.15. The summed E-state index contributed by atoms with van der Waals surface area (Å²) in [4.78, 5) is 0. The van der Waals surface area contributed by atoms with Gasteiger partial charge in [-0.1, -0.05) is 12.1 Å². The average Bonchev–Trinajstić information content (AvgIpc) is 2.38. The van der Waals surface area contributed by atoms with Crippen LogP contribution in [0.5, 0.6) is 5.75 Å². The molecule has 0 unspecified atom stereocenters. The molecule has 0 fully saturated rings. The third kappa shape index (κ3) is 5.20. The van der Waals surface area contributed by atoms with Crippen LogP contribution in [0.25, 0.3) is 0 Å². The molecule has 3 nitrogen and oxygen atoms in total. The monoisotopic (exact) mass is 246 g/mol. The smallest absolute Gasteiger partial charge is 0.119 e. The Bertz CT molecular complexity index is 407. The zero-order valence-electron chi connectivity index (χ0n) is 11.5. The van der Waals surface area contributed by atoms with Crippen LogP contribution in [0.1, 0.15) is 25.8 Å². The lowest BCUT2D eigenvalue weighted by Gasteiger charge is -2.15. The Balaban J connectivity index is 2.24. The predicted molar refractivity (Wildman–Crippen MR) is 73.6 cm³/mol. The molecular weight excluding hydrogens is 224 g/mol. The summed E-state index contributed by atoms with van der Waals surface area (Å²) in [5, 5.41) is 12.3. The van der Waals surface area contributed by atoms with Crippen molar-refractivity contribution < 1.29 is 4.74 Å². The average molecular weight is 246 g/mol. The topological polar surface area (TPSA) is 45.0 Å². The van der Waals surface area contributed by atoms with Gasteiger partial charge in [0.25, 0.3) is 0 Å². The van der Waals surface area contributed by atoms with E-state index in [0.29, 0.717) is 0 Å². The maximum Gasteiger partial charge on any atom is 0.119 e. The fourth-order valence-corrected chi connectivity index (χ4v) is 1.64. The Hall–Kier alpha value is -1.53. The number of nitriles is 1. The fourth-order valence-electron chi connectivity index (χ4n) is 1.64. The lowest BCUT2D eigenvalue weighted by Crippen LogP contribution is -2.23. The van der Waals surface area contributed by atoms with E-state index < -0.39 is 0 Å². The van der Waals surface area contributed by atoms with Crippen LogP contribution in [0, 0.1) is 16.7 Å². The Labute approximate surface area is 110 Å². The minimum atomic E-state index is -0.233. The molecule has 0 saturated heterocycles. The highest BCUT2D eigenvalue weighted by atomic mass is 16.5. The maximum atomic E-state index is 8.89. The van der Waals surface area contributed by atoms with E-state index in [2.05, 4.69) is 23.5 Å². The van der Waals surface area contributed by atoms with Crippen LogP contribution >= 0.6 is 0 Å². The molecule has 3 heteroatoms. The maximum absolute atomic E-state index is 8.89. The molecule has 0 radical (unpaired) electrons. The molecule has 0 bridgehead atoms. The molecule has 1 N–H and O–H groups in total. The van der Waals surface area contributed by atoms with Crippen molar-refractivity contribution in [2.75, 3.05) is 20.2 Å². The first-order chi connectivity index (χ1) is 8.57. The number of benzene rings is 1. The molecule has 18 heavy (non-hydrogen) atoms. The van der Waals surface area contributed by atoms with Crippen molar-refractivity contribution in [3.8, 4) is 11.8 Å². The van der Waals surface area contributed by atoms with E-state index in [4.69, 9.17) is 10.00 Å². The summed E-state index contributed by atoms with van der Waals surface area (Å²) in [6.45, 7) is 5.74. The number of nitrogens with one attached hydrogen (secondary N) is 1. The van der Waals surface area contributed by atoms with E-state index in [-0.39, 0.29) is 5.41 Å². The zero-order valence-corrected chi connectivity index (χ0v) is 11.5. The summed E-state index contributed by atoms with van der Waals surface area (Å²) in [5.41, 5.74) is 1.03. The second kappa shape index (κ2) is 7.03. The molecule has 0 spiro atoms. The molecular formula is C15H22N2O. The first kappa shape index (κ1) is 14.5. The van der Waals surface area contributed by atoms with Crippen LogP contribution in [-0.2, 0) is 6.42 Å². The van der Waals surface area contributed by atoms with E-state index in [1.807, 2.05) is 26.0 Å². The number of methoxy groups -OCH3 is 1. The summed E-state index contributed by atoms with van der Waals surface area (Å²) in [6, 6.07) is 10.4. The van der Waals surface area contributed by atoms with Gasteiger partial charge in [0.2, 0.25) is 0 Å². The molecule has 0 aliphatic heterocycles. The van der Waals surface area contributed by atoms with Gasteiger partial charge in [0.05, 0.1) is 18.6 Å². The summed E-state index contributed by atoms with van der Waals surface area (Å²) in [5.74, 6) is 0.901. The Morgan fingerprint density at radius 3 is 2.78 bits per heavy atom. The van der Waals surface area contributed by atoms with Crippen molar-refractivity contribution >= 4 is 0 Å². The van der Waals surface area contributed by atoms with Crippen LogP contribution in [0.4, 0.5) is 0 Å². The van der Waals surface area contributed by atoms with E-state index in [1.54, 1.807) is 7.11 Å². The van der Waals surface area contributed by atoms with Crippen molar-refractivity contribution in [3.63, 3.8) is 0 Å². The lowest BCUT2D eigenvalue weighted by atomic mass is 9.91. The van der Waals surface area contributed by atoms with Gasteiger partial charge in [0, 0.05) is 0 Å². The molecule has 1 aromatic rings. The van der Waals surface area contributed by atoms with Gasteiger partial charge in [-0.25, -0.2) is 0 Å². The lowest BCUT2D eigenvalue weighted by molar-refractivity contribution is 0.414. The third-order valence-electron chi connectivity index (χ3n) is 2.95. The molecule has 0 atom stereocenters. The molecule has 0 amide bonds. The molecule has 0 aromatic heterocycles. The van der Waals surface area contributed by atoms with Crippen LogP contribution in [0.3, 0.4) is 0 Å². The number of nitrogens with zero attached hydrogens (tertiary/aromatic N) is 1. The quantitative estimate of drug-likeness (QED) is 0.752. The minimum absolute atomic E-state index is 0.233. The van der Waals surface area contributed by atoms with E-state index in [9.17, 15) is 0 Å². The predicted octanol–water partition coefficient (Wildman–Crippen LogP) is 2.77. The zero-order chi connectivity index (χ0) is 13.4. The van der Waals surface area contributed by atoms with Crippen molar-refractivity contribution in [3.05, 3.63) is 29.8 Å². The second-order valence-electron chi connectivity index (χ2n) is 5.10. The highest BCUT2D eigenvalue weighted by molar-refractivity contribution is 5.28. The largest absolute Gasteiger partial charge is 0.497 e. The van der Waals surface area contributed by atoms with Crippen molar-refractivity contribution in [1.82, 2.24) is 5.32 Å². The Kier molecular flexibility index (Phi) is 5.67. The Morgan fingerprint density at radius 1 is 1.33 bits per heavy atom. The van der Waals surface area contributed by atoms with Gasteiger partial charge < -0.3 is 10.1 Å². The van der Waals surface area contributed by atoms with Gasteiger partial charge in [-0.15, -0.1) is 0 Å². The van der Waals surface area contributed by atoms with Gasteiger partial charge in [0.1, 0.15) is 5.75 Å². The highest BCUT2D eigenvalue weighted by Crippen LogP contribution is 2.17.